The van der Waals surface area contributed by atoms with Gasteiger partial charge in [0.15, 0.2) is 0 Å². The summed E-state index contributed by atoms with van der Waals surface area (Å²) in [6.45, 7) is 2.70. The van der Waals surface area contributed by atoms with Gasteiger partial charge in [-0.25, -0.2) is 4.79 Å². The van der Waals surface area contributed by atoms with Gasteiger partial charge in [0.1, 0.15) is 0 Å². The number of nitrogens with zero attached hydrogens (tertiary/aromatic N) is 1. The number of carbonyl (C=O) groups is 1. The average Bonchev–Trinajstić information content (AvgIpc) is 2.52. The van der Waals surface area contributed by atoms with Crippen molar-refractivity contribution < 1.29 is 14.1 Å². The minimum atomic E-state index is -0.335. The van der Waals surface area contributed by atoms with Crippen LogP contribution in [0.1, 0.15) is 5.69 Å². The summed E-state index contributed by atoms with van der Waals surface area (Å²) in [5.41, 5.74) is 0.720. The summed E-state index contributed by atoms with van der Waals surface area (Å²) in [6, 6.07) is 1.30. The van der Waals surface area contributed by atoms with Crippen molar-refractivity contribution in [1.82, 2.24) is 10.5 Å². The molecule has 1 heterocycles. The van der Waals surface area contributed by atoms with E-state index in [0.29, 0.717) is 19.0 Å². The van der Waals surface area contributed by atoms with Gasteiger partial charge in [-0.05, 0) is 6.92 Å². The number of hydrogen-bond acceptors (Lipinski definition) is 4. The van der Waals surface area contributed by atoms with Crippen LogP contribution in [0.4, 0.5) is 10.7 Å². The monoisotopic (exact) mass is 199 g/mol. The minimum absolute atomic E-state index is 0.331. The van der Waals surface area contributed by atoms with Gasteiger partial charge in [0.25, 0.3) is 0 Å². The Kier molecular flexibility index (Phi) is 3.93. The second-order valence-electron chi connectivity index (χ2n) is 2.71. The fourth-order valence-electron chi connectivity index (χ4n) is 0.845. The van der Waals surface area contributed by atoms with E-state index >= 15 is 0 Å². The van der Waals surface area contributed by atoms with Gasteiger partial charge in [-0.3, -0.25) is 5.32 Å². The molecule has 0 spiro atoms. The number of aryl methyl sites for hydroxylation is 1. The second-order valence-corrected chi connectivity index (χ2v) is 2.71. The third-order valence-electron chi connectivity index (χ3n) is 1.46. The molecule has 0 aliphatic carbocycles. The largest absolute Gasteiger partial charge is 0.383 e. The van der Waals surface area contributed by atoms with Crippen LogP contribution in [0.5, 0.6) is 0 Å². The van der Waals surface area contributed by atoms with E-state index in [4.69, 9.17) is 9.26 Å². The van der Waals surface area contributed by atoms with Gasteiger partial charge >= 0.3 is 6.03 Å². The number of nitrogens with one attached hydrogen (secondary N) is 2. The van der Waals surface area contributed by atoms with Crippen LogP contribution >= 0.6 is 0 Å². The molecular formula is C8H13N3O3. The first-order valence-electron chi connectivity index (χ1n) is 4.19. The van der Waals surface area contributed by atoms with Crippen LogP contribution in [-0.4, -0.2) is 31.4 Å². The maximum atomic E-state index is 11.1. The minimum Gasteiger partial charge on any atom is -0.383 e. The molecule has 0 aliphatic heterocycles. The normalized spacial score (nSPS) is 9.86. The van der Waals surface area contributed by atoms with E-state index in [-0.39, 0.29) is 6.03 Å². The van der Waals surface area contributed by atoms with Gasteiger partial charge in [-0.15, -0.1) is 0 Å². The van der Waals surface area contributed by atoms with Crippen LogP contribution in [0.3, 0.4) is 0 Å². The SMILES string of the molecule is COCCNC(=O)Nc1cc(C)no1. The molecule has 0 saturated heterocycles. The molecule has 6 heteroatoms. The lowest BCUT2D eigenvalue weighted by Crippen LogP contribution is -2.31. The summed E-state index contributed by atoms with van der Waals surface area (Å²) in [6.07, 6.45) is 0. The second kappa shape index (κ2) is 5.23. The van der Waals surface area contributed by atoms with Crippen LogP contribution in [0, 0.1) is 6.92 Å². The molecule has 0 unspecified atom stereocenters. The van der Waals surface area contributed by atoms with Crippen LogP contribution in [-0.2, 0) is 4.74 Å². The zero-order chi connectivity index (χ0) is 10.4. The molecule has 2 amide bonds. The molecule has 6 nitrogen and oxygen atoms in total. The molecule has 1 aromatic rings. The number of urea groups is 1. The Morgan fingerprint density at radius 1 is 1.71 bits per heavy atom. The van der Waals surface area contributed by atoms with Crippen LogP contribution in [0.15, 0.2) is 10.6 Å². The molecule has 0 aromatic carbocycles. The zero-order valence-electron chi connectivity index (χ0n) is 8.16. The first-order valence-corrected chi connectivity index (χ1v) is 4.19. The van der Waals surface area contributed by atoms with Gasteiger partial charge in [-0.1, -0.05) is 5.16 Å². The van der Waals surface area contributed by atoms with E-state index in [9.17, 15) is 4.79 Å². The highest BCUT2D eigenvalue weighted by Gasteiger charge is 2.04. The highest BCUT2D eigenvalue weighted by atomic mass is 16.5. The quantitative estimate of drug-likeness (QED) is 0.701. The molecule has 1 rings (SSSR count). The third kappa shape index (κ3) is 3.44. The molecule has 2 N–H and O–H groups in total. The maximum Gasteiger partial charge on any atom is 0.321 e. The van der Waals surface area contributed by atoms with Crippen molar-refractivity contribution in [3.63, 3.8) is 0 Å². The Bertz CT molecular complexity index is 298. The highest BCUT2D eigenvalue weighted by Crippen LogP contribution is 2.07. The number of ether oxygens (including phenoxy) is 1. The molecule has 1 aromatic heterocycles. The summed E-state index contributed by atoms with van der Waals surface area (Å²) in [7, 11) is 1.57. The van der Waals surface area contributed by atoms with E-state index in [1.165, 1.54) is 0 Å². The number of anilines is 1. The lowest BCUT2D eigenvalue weighted by molar-refractivity contribution is 0.198. The van der Waals surface area contributed by atoms with Gasteiger partial charge in [-0.2, -0.15) is 0 Å². The molecule has 0 fully saturated rings. The van der Waals surface area contributed by atoms with Crippen molar-refractivity contribution in [3.8, 4) is 0 Å². The predicted molar refractivity (Wildman–Crippen MR) is 50.1 cm³/mol. The first kappa shape index (κ1) is 10.5. The van der Waals surface area contributed by atoms with E-state index in [1.807, 2.05) is 0 Å². The first-order chi connectivity index (χ1) is 6.72. The molecule has 0 atom stereocenters. The lowest BCUT2D eigenvalue weighted by Gasteiger charge is -2.03. The lowest BCUT2D eigenvalue weighted by atomic mass is 10.5. The maximum absolute atomic E-state index is 11.1. The van der Waals surface area contributed by atoms with Crippen LogP contribution in [0.25, 0.3) is 0 Å². The van der Waals surface area contributed by atoms with Crippen molar-refractivity contribution in [2.75, 3.05) is 25.6 Å². The highest BCUT2D eigenvalue weighted by molar-refractivity contribution is 5.87. The predicted octanol–water partition coefficient (Wildman–Crippen LogP) is 0.751. The summed E-state index contributed by atoms with van der Waals surface area (Å²) in [5, 5.41) is 8.69. The number of rotatable bonds is 4. The fraction of sp³-hybridized carbons (Fsp3) is 0.500. The molecular weight excluding hydrogens is 186 g/mol. The molecule has 0 saturated carbocycles. The molecule has 0 aliphatic rings. The summed E-state index contributed by atoms with van der Waals surface area (Å²) < 4.78 is 9.56. The van der Waals surface area contributed by atoms with Crippen LogP contribution < -0.4 is 10.6 Å². The third-order valence-corrected chi connectivity index (χ3v) is 1.46. The smallest absolute Gasteiger partial charge is 0.321 e. The number of aromatic nitrogens is 1. The Morgan fingerprint density at radius 3 is 3.07 bits per heavy atom. The van der Waals surface area contributed by atoms with E-state index < -0.39 is 0 Å². The molecule has 0 bridgehead atoms. The van der Waals surface area contributed by atoms with Crippen molar-refractivity contribution in [2.24, 2.45) is 0 Å². The standard InChI is InChI=1S/C8H13N3O3/c1-6-5-7(14-11-6)10-8(12)9-3-4-13-2/h5H,3-4H2,1-2H3,(H2,9,10,12). The Morgan fingerprint density at radius 2 is 2.50 bits per heavy atom. The molecule has 78 valence electrons. The number of amides is 2. The van der Waals surface area contributed by atoms with E-state index in [2.05, 4.69) is 15.8 Å². The van der Waals surface area contributed by atoms with Crippen molar-refractivity contribution >= 4 is 11.9 Å². The Hall–Kier alpha value is -1.56. The summed E-state index contributed by atoms with van der Waals surface area (Å²) in [4.78, 5) is 11.1. The summed E-state index contributed by atoms with van der Waals surface area (Å²) >= 11 is 0. The van der Waals surface area contributed by atoms with E-state index in [1.54, 1.807) is 20.1 Å². The Labute approximate surface area is 81.6 Å². The number of methoxy groups -OCH3 is 1. The summed E-state index contributed by atoms with van der Waals surface area (Å²) in [5.74, 6) is 0.331. The van der Waals surface area contributed by atoms with Crippen molar-refractivity contribution in [2.45, 2.75) is 6.92 Å². The zero-order valence-corrected chi connectivity index (χ0v) is 8.16. The Balaban J connectivity index is 2.27. The number of carbonyl (C=O) groups excluding carboxylic acids is 1. The topological polar surface area (TPSA) is 76.4 Å². The number of hydrogen-bond donors (Lipinski definition) is 2. The van der Waals surface area contributed by atoms with Crippen molar-refractivity contribution in [1.29, 1.82) is 0 Å². The van der Waals surface area contributed by atoms with Gasteiger partial charge < -0.3 is 14.6 Å². The molecule has 0 radical (unpaired) electrons. The van der Waals surface area contributed by atoms with Gasteiger partial charge in [0.05, 0.1) is 12.3 Å². The average molecular weight is 199 g/mol. The fourth-order valence-corrected chi connectivity index (χ4v) is 0.845. The van der Waals surface area contributed by atoms with Gasteiger partial charge in [0.2, 0.25) is 5.88 Å². The van der Waals surface area contributed by atoms with Gasteiger partial charge in [0, 0.05) is 19.7 Å². The van der Waals surface area contributed by atoms with Crippen LogP contribution in [0.2, 0.25) is 0 Å². The van der Waals surface area contributed by atoms with Crippen molar-refractivity contribution in [3.05, 3.63) is 11.8 Å². The molecule has 14 heavy (non-hydrogen) atoms. The van der Waals surface area contributed by atoms with E-state index in [0.717, 1.165) is 5.69 Å².